The smallest absolute Gasteiger partial charge is 0.180 e. The lowest BCUT2D eigenvalue weighted by molar-refractivity contribution is 0.597. The van der Waals surface area contributed by atoms with E-state index in [0.717, 1.165) is 5.52 Å². The van der Waals surface area contributed by atoms with E-state index >= 15 is 0 Å². The van der Waals surface area contributed by atoms with E-state index < -0.39 is 9.84 Å². The lowest BCUT2D eigenvalue weighted by Gasteiger charge is -2.10. The lowest BCUT2D eigenvalue weighted by atomic mass is 10.3. The SMILES string of the molecule is CCS(=O)(=O)c1ccc(-n2cncn2)nc1-c1nc2cc(S)ncc2n1C. The van der Waals surface area contributed by atoms with Gasteiger partial charge < -0.3 is 4.57 Å². The van der Waals surface area contributed by atoms with Crippen molar-refractivity contribution in [2.75, 3.05) is 5.75 Å². The molecule has 0 amide bonds. The Morgan fingerprint density at radius 2 is 2.04 bits per heavy atom. The maximum absolute atomic E-state index is 12.6. The number of aryl methyl sites for hydroxylation is 1. The minimum atomic E-state index is -3.52. The molecule has 0 aromatic carbocycles. The standard InChI is InChI=1S/C16H15N7O2S2/c1-3-27(24,25)12-4-5-13(23-9-17-8-19-23)21-15(12)16-20-10-6-14(26)18-7-11(10)22(16)2/h4-9H,3H2,1-2H3,(H,18,26). The minimum Gasteiger partial charge on any atom is -0.324 e. The van der Waals surface area contributed by atoms with Crippen molar-refractivity contribution in [2.24, 2.45) is 7.05 Å². The van der Waals surface area contributed by atoms with Gasteiger partial charge in [0.05, 0.1) is 32.9 Å². The summed E-state index contributed by atoms with van der Waals surface area (Å²) in [4.78, 5) is 17.3. The summed E-state index contributed by atoms with van der Waals surface area (Å²) in [6.07, 6.45) is 4.52. The number of pyridine rings is 2. The zero-order chi connectivity index (χ0) is 19.2. The van der Waals surface area contributed by atoms with Crippen LogP contribution in [-0.4, -0.2) is 48.5 Å². The Kier molecular flexibility index (Phi) is 4.19. The molecular weight excluding hydrogens is 386 g/mol. The van der Waals surface area contributed by atoms with Crippen molar-refractivity contribution in [3.63, 3.8) is 0 Å². The molecule has 0 saturated heterocycles. The molecule has 0 bridgehead atoms. The lowest BCUT2D eigenvalue weighted by Crippen LogP contribution is -2.10. The summed E-state index contributed by atoms with van der Waals surface area (Å²) in [5, 5.41) is 4.58. The van der Waals surface area contributed by atoms with Crippen LogP contribution in [0.4, 0.5) is 0 Å². The van der Waals surface area contributed by atoms with E-state index in [4.69, 9.17) is 0 Å². The number of sulfone groups is 1. The molecule has 0 saturated carbocycles. The largest absolute Gasteiger partial charge is 0.324 e. The first-order valence-corrected chi connectivity index (χ1v) is 10.1. The van der Waals surface area contributed by atoms with Crippen molar-refractivity contribution in [3.05, 3.63) is 37.1 Å². The fourth-order valence-electron chi connectivity index (χ4n) is 2.75. The Labute approximate surface area is 160 Å². The number of fused-ring (bicyclic) bond motifs is 1. The molecule has 9 nitrogen and oxygen atoms in total. The number of imidazole rings is 1. The predicted octanol–water partition coefficient (Wildman–Crippen LogP) is 1.69. The fraction of sp³-hybridized carbons (Fsp3) is 0.188. The zero-order valence-electron chi connectivity index (χ0n) is 14.5. The van der Waals surface area contributed by atoms with Gasteiger partial charge in [-0.2, -0.15) is 5.10 Å². The van der Waals surface area contributed by atoms with Crippen LogP contribution in [-0.2, 0) is 16.9 Å². The van der Waals surface area contributed by atoms with Crippen LogP contribution in [0.1, 0.15) is 6.92 Å². The van der Waals surface area contributed by atoms with Gasteiger partial charge in [0, 0.05) is 7.05 Å². The van der Waals surface area contributed by atoms with Crippen LogP contribution in [0.25, 0.3) is 28.4 Å². The highest BCUT2D eigenvalue weighted by atomic mass is 32.2. The van der Waals surface area contributed by atoms with Crippen molar-refractivity contribution >= 4 is 33.5 Å². The fourth-order valence-corrected chi connectivity index (χ4v) is 3.94. The second-order valence-corrected chi connectivity index (χ2v) is 8.49. The first-order chi connectivity index (χ1) is 12.9. The number of hydrogen-bond donors (Lipinski definition) is 1. The van der Waals surface area contributed by atoms with Crippen molar-refractivity contribution < 1.29 is 8.42 Å². The van der Waals surface area contributed by atoms with Crippen LogP contribution < -0.4 is 0 Å². The van der Waals surface area contributed by atoms with Crippen LogP contribution >= 0.6 is 12.6 Å². The highest BCUT2D eigenvalue weighted by Gasteiger charge is 2.24. The van der Waals surface area contributed by atoms with Crippen molar-refractivity contribution in [1.29, 1.82) is 0 Å². The zero-order valence-corrected chi connectivity index (χ0v) is 16.2. The van der Waals surface area contributed by atoms with Gasteiger partial charge in [-0.05, 0) is 18.2 Å². The highest BCUT2D eigenvalue weighted by molar-refractivity contribution is 7.91. The molecule has 0 radical (unpaired) electrons. The van der Waals surface area contributed by atoms with E-state index in [2.05, 4.69) is 37.7 Å². The molecule has 0 fully saturated rings. The van der Waals surface area contributed by atoms with E-state index in [-0.39, 0.29) is 16.3 Å². The number of thiol groups is 1. The molecule has 4 rings (SSSR count). The van der Waals surface area contributed by atoms with Crippen molar-refractivity contribution in [3.8, 4) is 17.3 Å². The Morgan fingerprint density at radius 3 is 2.74 bits per heavy atom. The summed E-state index contributed by atoms with van der Waals surface area (Å²) >= 11 is 4.24. The topological polar surface area (TPSA) is 108 Å². The Bertz CT molecular complexity index is 1250. The highest BCUT2D eigenvalue weighted by Crippen LogP contribution is 2.29. The molecule has 0 aliphatic carbocycles. The molecule has 0 N–H and O–H groups in total. The summed E-state index contributed by atoms with van der Waals surface area (Å²) in [5.74, 6) is 0.814. The van der Waals surface area contributed by atoms with Gasteiger partial charge in [0.25, 0.3) is 0 Å². The second kappa shape index (κ2) is 6.43. The average Bonchev–Trinajstić information content (AvgIpc) is 3.29. The summed E-state index contributed by atoms with van der Waals surface area (Å²) in [5.41, 5.74) is 1.65. The Morgan fingerprint density at radius 1 is 1.22 bits per heavy atom. The van der Waals surface area contributed by atoms with E-state index in [1.165, 1.54) is 23.4 Å². The second-order valence-electron chi connectivity index (χ2n) is 5.79. The van der Waals surface area contributed by atoms with Crippen molar-refractivity contribution in [1.82, 2.24) is 34.3 Å². The quantitative estimate of drug-likeness (QED) is 0.518. The van der Waals surface area contributed by atoms with Crippen LogP contribution in [0.2, 0.25) is 0 Å². The minimum absolute atomic E-state index is 0.0450. The molecule has 0 spiro atoms. The first kappa shape index (κ1) is 17.6. The van der Waals surface area contributed by atoms with Gasteiger partial charge in [0.15, 0.2) is 21.5 Å². The maximum atomic E-state index is 12.6. The molecule has 4 aromatic heterocycles. The predicted molar refractivity (Wildman–Crippen MR) is 102 cm³/mol. The third-order valence-electron chi connectivity index (χ3n) is 4.18. The van der Waals surface area contributed by atoms with E-state index in [1.807, 2.05) is 0 Å². The van der Waals surface area contributed by atoms with E-state index in [9.17, 15) is 8.42 Å². The van der Waals surface area contributed by atoms with Crippen LogP contribution in [0.15, 0.2) is 47.0 Å². The van der Waals surface area contributed by atoms with Crippen LogP contribution in [0.5, 0.6) is 0 Å². The summed E-state index contributed by atoms with van der Waals surface area (Å²) in [6, 6.07) is 4.84. The molecular formula is C16H15N7O2S2. The third kappa shape index (κ3) is 2.98. The first-order valence-electron chi connectivity index (χ1n) is 8.01. The molecule has 0 aliphatic rings. The molecule has 11 heteroatoms. The third-order valence-corrected chi connectivity index (χ3v) is 6.18. The molecule has 27 heavy (non-hydrogen) atoms. The normalized spacial score (nSPS) is 12.0. The van der Waals surface area contributed by atoms with Gasteiger partial charge in [-0.15, -0.1) is 12.6 Å². The van der Waals surface area contributed by atoms with Gasteiger partial charge in [0.1, 0.15) is 18.3 Å². The molecule has 138 valence electrons. The van der Waals surface area contributed by atoms with E-state index in [1.54, 1.807) is 36.9 Å². The van der Waals surface area contributed by atoms with Gasteiger partial charge in [0.2, 0.25) is 0 Å². The van der Waals surface area contributed by atoms with Gasteiger partial charge in [-0.1, -0.05) is 6.92 Å². The monoisotopic (exact) mass is 401 g/mol. The molecule has 4 aromatic rings. The van der Waals surface area contributed by atoms with Gasteiger partial charge in [-0.3, -0.25) is 0 Å². The van der Waals surface area contributed by atoms with Gasteiger partial charge in [-0.25, -0.2) is 33.0 Å². The summed E-state index contributed by atoms with van der Waals surface area (Å²) in [6.45, 7) is 1.59. The number of nitrogens with zero attached hydrogens (tertiary/aromatic N) is 7. The number of rotatable bonds is 4. The summed E-state index contributed by atoms with van der Waals surface area (Å²) in [7, 11) is -1.73. The summed E-state index contributed by atoms with van der Waals surface area (Å²) < 4.78 is 28.5. The van der Waals surface area contributed by atoms with E-state index in [0.29, 0.717) is 22.2 Å². The molecule has 0 aliphatic heterocycles. The average molecular weight is 401 g/mol. The van der Waals surface area contributed by atoms with Crippen LogP contribution in [0.3, 0.4) is 0 Å². The Balaban J connectivity index is 2.03. The van der Waals surface area contributed by atoms with Crippen molar-refractivity contribution in [2.45, 2.75) is 16.8 Å². The number of hydrogen-bond acceptors (Lipinski definition) is 8. The van der Waals surface area contributed by atoms with Gasteiger partial charge >= 0.3 is 0 Å². The maximum Gasteiger partial charge on any atom is 0.180 e. The number of aromatic nitrogens is 7. The Hall–Kier alpha value is -2.79. The molecule has 4 heterocycles. The molecule has 0 atom stereocenters. The van der Waals surface area contributed by atoms with Crippen LogP contribution in [0, 0.1) is 0 Å². The molecule has 0 unspecified atom stereocenters.